The van der Waals surface area contributed by atoms with E-state index in [-0.39, 0.29) is 49.1 Å². The molecular formula is C47H24B8O. The zero-order valence-corrected chi connectivity index (χ0v) is 30.9. The summed E-state index contributed by atoms with van der Waals surface area (Å²) in [7, 11) is 54.6. The van der Waals surface area contributed by atoms with E-state index in [1.807, 2.05) is 42.5 Å². The Bertz CT molecular complexity index is 3110. The van der Waals surface area contributed by atoms with Gasteiger partial charge in [0.1, 0.15) is 73.9 Å². The zero-order chi connectivity index (χ0) is 38.9. The van der Waals surface area contributed by atoms with E-state index in [0.29, 0.717) is 32.7 Å². The average Bonchev–Trinajstić information content (AvgIpc) is 3.71. The van der Waals surface area contributed by atoms with E-state index in [0.717, 1.165) is 44.2 Å². The summed E-state index contributed by atoms with van der Waals surface area (Å²) in [6.45, 7) is 4.56. The van der Waals surface area contributed by atoms with Crippen molar-refractivity contribution in [3.8, 4) is 44.5 Å². The minimum Gasteiger partial charge on any atom is -0.456 e. The van der Waals surface area contributed by atoms with Gasteiger partial charge in [-0.1, -0.05) is 127 Å². The second-order valence-electron chi connectivity index (χ2n) is 15.3. The van der Waals surface area contributed by atoms with Crippen LogP contribution in [0.3, 0.4) is 0 Å². The molecule has 0 saturated carbocycles. The topological polar surface area (TPSA) is 13.1 Å². The van der Waals surface area contributed by atoms with Crippen molar-refractivity contribution in [3.05, 3.63) is 120 Å². The Morgan fingerprint density at radius 1 is 0.375 bits per heavy atom. The number of rotatable bonds is 3. The Kier molecular flexibility index (Phi) is 7.70. The molecule has 0 N–H and O–H groups in total. The van der Waals surface area contributed by atoms with Gasteiger partial charge in [0.05, 0.1) is 0 Å². The Hall–Kier alpha value is -5.40. The molecular weight excluding hydrogens is 667 g/mol. The van der Waals surface area contributed by atoms with Crippen molar-refractivity contribution < 1.29 is 4.42 Å². The lowest BCUT2D eigenvalue weighted by Crippen LogP contribution is -2.50. The van der Waals surface area contributed by atoms with Crippen LogP contribution in [0, 0.1) is 0 Å². The Labute approximate surface area is 336 Å². The predicted molar refractivity (Wildman–Crippen MR) is 246 cm³/mol. The van der Waals surface area contributed by atoms with Crippen LogP contribution in [0.15, 0.2) is 114 Å². The Morgan fingerprint density at radius 2 is 0.839 bits per heavy atom. The van der Waals surface area contributed by atoms with Crippen molar-refractivity contribution in [2.75, 3.05) is 0 Å². The van der Waals surface area contributed by atoms with Gasteiger partial charge in [0.2, 0.25) is 0 Å². The first-order valence-electron chi connectivity index (χ1n) is 18.4. The lowest BCUT2D eigenvalue weighted by molar-refractivity contribution is 0.660. The van der Waals surface area contributed by atoms with E-state index >= 15 is 0 Å². The van der Waals surface area contributed by atoms with Gasteiger partial charge < -0.3 is 4.42 Å². The van der Waals surface area contributed by atoms with Crippen LogP contribution in [0.1, 0.15) is 25.0 Å². The molecule has 0 unspecified atom stereocenters. The van der Waals surface area contributed by atoms with E-state index < -0.39 is 0 Å². The van der Waals surface area contributed by atoms with Gasteiger partial charge >= 0.3 is 0 Å². The van der Waals surface area contributed by atoms with Gasteiger partial charge in [-0.3, -0.25) is 0 Å². The van der Waals surface area contributed by atoms with Crippen LogP contribution in [0.25, 0.3) is 88.0 Å². The maximum atomic E-state index is 7.02. The first-order valence-corrected chi connectivity index (χ1v) is 18.4. The maximum Gasteiger partial charge on any atom is 0.135 e. The fraction of sp³-hybridized carbons (Fsp3) is 0.0638. The molecule has 9 heteroatoms. The van der Waals surface area contributed by atoms with Crippen molar-refractivity contribution in [1.82, 2.24) is 0 Å². The van der Waals surface area contributed by atoms with E-state index in [1.165, 1.54) is 22.3 Å². The zero-order valence-electron chi connectivity index (χ0n) is 30.9. The van der Waals surface area contributed by atoms with Crippen LogP contribution in [0.2, 0.25) is 0 Å². The first kappa shape index (κ1) is 35.0. The van der Waals surface area contributed by atoms with Crippen molar-refractivity contribution in [3.63, 3.8) is 0 Å². The lowest BCUT2D eigenvalue weighted by Gasteiger charge is -2.28. The standard InChI is InChI=1S/C47H24B8O/c1-47(2)28-11-5-3-9-26(28)34-24(10-7-12-29(34)47)21-14-16-22(17-15-21)32-35-37(41(50)45(54)43(52)39(35)48)33(38-36(32)40(49)44(53)46(55)42(38)51)23-18-19-31-27(20-23)25-8-4-6-13-30(25)56-31/h3-20H,1-2H3. The summed E-state index contributed by atoms with van der Waals surface area (Å²) < 4.78 is 6.18. The summed E-state index contributed by atoms with van der Waals surface area (Å²) in [6.07, 6.45) is 0. The molecule has 9 aromatic rings. The van der Waals surface area contributed by atoms with Gasteiger partial charge in [0.25, 0.3) is 0 Å². The predicted octanol–water partition coefficient (Wildman–Crippen LogP) is 3.55. The Balaban J connectivity index is 1.30. The van der Waals surface area contributed by atoms with Gasteiger partial charge in [-0.15, -0.1) is 21.9 Å². The summed E-state index contributed by atoms with van der Waals surface area (Å²) in [5.41, 5.74) is 13.2. The van der Waals surface area contributed by atoms with Crippen molar-refractivity contribution in [2.24, 2.45) is 0 Å². The minimum atomic E-state index is -0.130. The molecule has 242 valence electrons. The molecule has 0 spiro atoms. The van der Waals surface area contributed by atoms with Crippen LogP contribution in [-0.4, -0.2) is 62.8 Å². The van der Waals surface area contributed by atoms with Crippen LogP contribution in [0.4, 0.5) is 0 Å². The molecule has 56 heavy (non-hydrogen) atoms. The van der Waals surface area contributed by atoms with Gasteiger partial charge in [-0.25, -0.2) is 0 Å². The number of benzene rings is 8. The molecule has 0 saturated heterocycles. The van der Waals surface area contributed by atoms with Crippen molar-refractivity contribution in [2.45, 2.75) is 19.3 Å². The molecule has 0 bridgehead atoms. The quantitative estimate of drug-likeness (QED) is 0.204. The highest BCUT2D eigenvalue weighted by Crippen LogP contribution is 2.52. The summed E-state index contributed by atoms with van der Waals surface area (Å²) in [4.78, 5) is 0. The maximum absolute atomic E-state index is 7.02. The highest BCUT2D eigenvalue weighted by molar-refractivity contribution is 6.71. The molecule has 1 nitrogen and oxygen atoms in total. The Morgan fingerprint density at radius 3 is 1.46 bits per heavy atom. The number of para-hydroxylation sites is 1. The highest BCUT2D eigenvalue weighted by Gasteiger charge is 2.36. The monoisotopic (exact) mass is 692 g/mol. The molecule has 1 aliphatic carbocycles. The van der Waals surface area contributed by atoms with Crippen LogP contribution < -0.4 is 43.7 Å². The van der Waals surface area contributed by atoms with Crippen LogP contribution in [-0.2, 0) is 5.41 Å². The molecule has 0 amide bonds. The summed E-state index contributed by atoms with van der Waals surface area (Å²) in [5.74, 6) is 0. The summed E-state index contributed by atoms with van der Waals surface area (Å²) >= 11 is 0. The minimum absolute atomic E-state index is 0.130. The van der Waals surface area contributed by atoms with E-state index in [9.17, 15) is 0 Å². The smallest absolute Gasteiger partial charge is 0.135 e. The average molecular weight is 691 g/mol. The number of hydrogen-bond donors (Lipinski definition) is 0. The van der Waals surface area contributed by atoms with Crippen LogP contribution >= 0.6 is 0 Å². The molecule has 0 atom stereocenters. The number of furan rings is 1. The molecule has 8 aromatic carbocycles. The third kappa shape index (κ3) is 4.67. The number of hydrogen-bond acceptors (Lipinski definition) is 1. The number of fused-ring (bicyclic) bond motifs is 8. The van der Waals surface area contributed by atoms with Gasteiger partial charge in [0, 0.05) is 16.2 Å². The molecule has 1 heterocycles. The van der Waals surface area contributed by atoms with Gasteiger partial charge in [-0.05, 0) is 95.4 Å². The normalized spacial score (nSPS) is 13.2. The highest BCUT2D eigenvalue weighted by atomic mass is 16.3. The summed E-state index contributed by atoms with van der Waals surface area (Å²) in [6, 6.07) is 37.3. The van der Waals surface area contributed by atoms with Crippen molar-refractivity contribution >= 4 is 150 Å². The molecule has 1 aromatic heterocycles. The first-order chi connectivity index (χ1) is 26.9. The lowest BCUT2D eigenvalue weighted by atomic mass is 9.59. The van der Waals surface area contributed by atoms with Gasteiger partial charge in [0.15, 0.2) is 0 Å². The second kappa shape index (κ2) is 12.3. The van der Waals surface area contributed by atoms with Crippen molar-refractivity contribution in [1.29, 1.82) is 0 Å². The third-order valence-corrected chi connectivity index (χ3v) is 12.1. The second-order valence-corrected chi connectivity index (χ2v) is 15.3. The molecule has 1 aliphatic rings. The fourth-order valence-corrected chi connectivity index (χ4v) is 9.22. The molecule has 10 rings (SSSR count). The fourth-order valence-electron chi connectivity index (χ4n) is 9.22. The SMILES string of the molecule is [B]c1c([B])c([B])c2c(-c3ccc4oc5ccccc5c4c3)c3c([B])c([B])c([B])c([B])c3c(-c3ccc(-c4cccc5c4-c4ccccc4C5(C)C)cc3)c2c1[B]. The molecule has 0 fully saturated rings. The van der Waals surface area contributed by atoms with Crippen LogP contribution in [0.5, 0.6) is 0 Å². The summed E-state index contributed by atoms with van der Waals surface area (Å²) in [5, 5.41) is 4.16. The van der Waals surface area contributed by atoms with Gasteiger partial charge in [-0.2, -0.15) is 0 Å². The third-order valence-electron chi connectivity index (χ3n) is 12.1. The van der Waals surface area contributed by atoms with E-state index in [2.05, 4.69) is 80.6 Å². The van der Waals surface area contributed by atoms with E-state index in [4.69, 9.17) is 67.2 Å². The van der Waals surface area contributed by atoms with E-state index in [1.54, 1.807) is 0 Å². The largest absolute Gasteiger partial charge is 0.456 e. The molecule has 0 aliphatic heterocycles. The molecule has 16 radical (unpaired) electrons.